The molecule has 0 aromatic carbocycles. The summed E-state index contributed by atoms with van der Waals surface area (Å²) in [6.07, 6.45) is 4.12. The van der Waals surface area contributed by atoms with Crippen LogP contribution in [0.15, 0.2) is 0 Å². The predicted octanol–water partition coefficient (Wildman–Crippen LogP) is 1.80. The average Bonchev–Trinajstić information content (AvgIpc) is 2.68. The molecule has 5 fully saturated rings. The summed E-state index contributed by atoms with van der Waals surface area (Å²) in [6.45, 7) is 4.00. The summed E-state index contributed by atoms with van der Waals surface area (Å²) in [7, 11) is 0. The van der Waals surface area contributed by atoms with Gasteiger partial charge in [-0.3, -0.25) is 0 Å². The molecule has 0 radical (unpaired) electrons. The van der Waals surface area contributed by atoms with Crippen LogP contribution in [0.4, 0.5) is 0 Å². The summed E-state index contributed by atoms with van der Waals surface area (Å²) in [4.78, 5) is 0. The first-order chi connectivity index (χ1) is 6.33. The Bertz CT molecular complexity index is 269. The Balaban J connectivity index is 1.78. The molecule has 72 valence electrons. The highest BCUT2D eigenvalue weighted by Gasteiger charge is 2.85. The standard InChI is InChI=1S/C11H16O2/c1-2-10-6-7-5-8(10)9(10)11(7)12-3-4-13-11/h7-9H,2-6H2,1H3. The van der Waals surface area contributed by atoms with E-state index < -0.39 is 0 Å². The summed E-state index contributed by atoms with van der Waals surface area (Å²) in [6, 6.07) is 0. The molecule has 0 aromatic rings. The maximum absolute atomic E-state index is 5.91. The fraction of sp³-hybridized carbons (Fsp3) is 1.00. The first-order valence-corrected chi connectivity index (χ1v) is 5.61. The number of hydrogen-bond donors (Lipinski definition) is 0. The van der Waals surface area contributed by atoms with Crippen LogP contribution in [0.1, 0.15) is 26.2 Å². The fourth-order valence-corrected chi connectivity index (χ4v) is 4.80. The third kappa shape index (κ3) is 0.533. The van der Waals surface area contributed by atoms with Gasteiger partial charge in [0, 0.05) is 11.8 Å². The Hall–Kier alpha value is -0.0800. The van der Waals surface area contributed by atoms with Crippen molar-refractivity contribution in [2.24, 2.45) is 23.2 Å². The highest BCUT2D eigenvalue weighted by Crippen LogP contribution is 2.85. The third-order valence-electron chi connectivity index (χ3n) is 5.22. The second kappa shape index (κ2) is 1.82. The van der Waals surface area contributed by atoms with Crippen molar-refractivity contribution in [3.63, 3.8) is 0 Å². The number of rotatable bonds is 1. The van der Waals surface area contributed by atoms with E-state index >= 15 is 0 Å². The van der Waals surface area contributed by atoms with Gasteiger partial charge in [-0.05, 0) is 30.6 Å². The van der Waals surface area contributed by atoms with Gasteiger partial charge in [-0.15, -0.1) is 0 Å². The molecule has 1 heterocycles. The Morgan fingerprint density at radius 2 is 2.08 bits per heavy atom. The van der Waals surface area contributed by atoms with Crippen LogP contribution in [0, 0.1) is 23.2 Å². The van der Waals surface area contributed by atoms with E-state index in [0.29, 0.717) is 5.41 Å². The molecule has 1 aliphatic heterocycles. The van der Waals surface area contributed by atoms with Gasteiger partial charge in [0.05, 0.1) is 13.2 Å². The summed E-state index contributed by atoms with van der Waals surface area (Å²) in [5, 5.41) is 0. The monoisotopic (exact) mass is 180 g/mol. The SMILES string of the molecule is CCC12CC3CC1C2C31OCCO1. The Morgan fingerprint density at radius 3 is 2.62 bits per heavy atom. The van der Waals surface area contributed by atoms with Crippen molar-refractivity contribution in [2.45, 2.75) is 32.0 Å². The summed E-state index contributed by atoms with van der Waals surface area (Å²) < 4.78 is 11.8. The van der Waals surface area contributed by atoms with Crippen LogP contribution < -0.4 is 0 Å². The molecule has 1 saturated heterocycles. The lowest BCUT2D eigenvalue weighted by molar-refractivity contribution is -0.184. The smallest absolute Gasteiger partial charge is 0.174 e. The summed E-state index contributed by atoms with van der Waals surface area (Å²) >= 11 is 0. The maximum atomic E-state index is 5.91. The van der Waals surface area contributed by atoms with Crippen molar-refractivity contribution in [2.75, 3.05) is 13.2 Å². The third-order valence-corrected chi connectivity index (χ3v) is 5.22. The highest BCUT2D eigenvalue weighted by molar-refractivity contribution is 5.29. The second-order valence-electron chi connectivity index (χ2n) is 5.23. The van der Waals surface area contributed by atoms with E-state index in [2.05, 4.69) is 6.92 Å². The van der Waals surface area contributed by atoms with Gasteiger partial charge in [-0.2, -0.15) is 0 Å². The van der Waals surface area contributed by atoms with Crippen LogP contribution in [-0.2, 0) is 9.47 Å². The Kier molecular flexibility index (Phi) is 1.02. The maximum Gasteiger partial charge on any atom is 0.174 e. The van der Waals surface area contributed by atoms with Crippen LogP contribution in [-0.4, -0.2) is 19.0 Å². The van der Waals surface area contributed by atoms with Gasteiger partial charge in [0.25, 0.3) is 0 Å². The van der Waals surface area contributed by atoms with E-state index in [-0.39, 0.29) is 5.79 Å². The molecule has 5 rings (SSSR count). The summed E-state index contributed by atoms with van der Waals surface area (Å²) in [5.41, 5.74) is 0.662. The number of ether oxygens (including phenoxy) is 2. The lowest BCUT2D eigenvalue weighted by Gasteiger charge is -2.26. The Labute approximate surface area is 78.6 Å². The van der Waals surface area contributed by atoms with Crippen LogP contribution in [0.2, 0.25) is 0 Å². The first kappa shape index (κ1) is 7.24. The van der Waals surface area contributed by atoms with Crippen molar-refractivity contribution < 1.29 is 9.47 Å². The minimum Gasteiger partial charge on any atom is -0.347 e. The fourth-order valence-electron chi connectivity index (χ4n) is 4.80. The minimum absolute atomic E-state index is 0.0827. The van der Waals surface area contributed by atoms with Gasteiger partial charge in [-0.1, -0.05) is 6.92 Å². The zero-order valence-corrected chi connectivity index (χ0v) is 8.08. The Morgan fingerprint density at radius 1 is 1.31 bits per heavy atom. The van der Waals surface area contributed by atoms with E-state index in [1.165, 1.54) is 19.3 Å². The lowest BCUT2D eigenvalue weighted by Crippen LogP contribution is -2.34. The molecule has 4 aliphatic carbocycles. The van der Waals surface area contributed by atoms with Gasteiger partial charge >= 0.3 is 0 Å². The van der Waals surface area contributed by atoms with Crippen molar-refractivity contribution in [3.8, 4) is 0 Å². The molecule has 2 heteroatoms. The molecule has 4 bridgehead atoms. The number of hydrogen-bond acceptors (Lipinski definition) is 2. The molecule has 2 nitrogen and oxygen atoms in total. The zero-order valence-electron chi connectivity index (χ0n) is 8.08. The molecule has 5 aliphatic rings. The molecule has 13 heavy (non-hydrogen) atoms. The minimum atomic E-state index is -0.0827. The van der Waals surface area contributed by atoms with Gasteiger partial charge in [0.1, 0.15) is 0 Å². The average molecular weight is 180 g/mol. The van der Waals surface area contributed by atoms with Crippen molar-refractivity contribution in [1.82, 2.24) is 0 Å². The molecule has 0 N–H and O–H groups in total. The van der Waals surface area contributed by atoms with E-state index in [4.69, 9.17) is 9.47 Å². The van der Waals surface area contributed by atoms with E-state index in [1.54, 1.807) is 0 Å². The molecular formula is C11H16O2. The van der Waals surface area contributed by atoms with Gasteiger partial charge in [0.2, 0.25) is 0 Å². The molecule has 4 unspecified atom stereocenters. The van der Waals surface area contributed by atoms with Crippen LogP contribution in [0.5, 0.6) is 0 Å². The van der Waals surface area contributed by atoms with E-state index in [0.717, 1.165) is 31.0 Å². The molecular weight excluding hydrogens is 164 g/mol. The molecule has 0 aromatic heterocycles. The van der Waals surface area contributed by atoms with Gasteiger partial charge < -0.3 is 9.47 Å². The van der Waals surface area contributed by atoms with Crippen LogP contribution in [0.25, 0.3) is 0 Å². The van der Waals surface area contributed by atoms with E-state index in [9.17, 15) is 0 Å². The largest absolute Gasteiger partial charge is 0.347 e. The molecule has 4 atom stereocenters. The van der Waals surface area contributed by atoms with Crippen molar-refractivity contribution >= 4 is 0 Å². The predicted molar refractivity (Wildman–Crippen MR) is 47.1 cm³/mol. The first-order valence-electron chi connectivity index (χ1n) is 5.61. The van der Waals surface area contributed by atoms with Crippen LogP contribution in [0.3, 0.4) is 0 Å². The normalized spacial score (nSPS) is 59.3. The highest BCUT2D eigenvalue weighted by atomic mass is 16.7. The molecule has 1 spiro atoms. The topological polar surface area (TPSA) is 18.5 Å². The van der Waals surface area contributed by atoms with Crippen molar-refractivity contribution in [1.29, 1.82) is 0 Å². The summed E-state index contributed by atoms with van der Waals surface area (Å²) in [5.74, 6) is 2.39. The van der Waals surface area contributed by atoms with Crippen molar-refractivity contribution in [3.05, 3.63) is 0 Å². The quantitative estimate of drug-likeness (QED) is 0.612. The zero-order chi connectivity index (χ0) is 8.68. The molecule has 0 amide bonds. The van der Waals surface area contributed by atoms with Crippen LogP contribution >= 0.6 is 0 Å². The van der Waals surface area contributed by atoms with E-state index in [1.807, 2.05) is 0 Å². The lowest BCUT2D eigenvalue weighted by atomic mass is 10.0. The molecule has 4 saturated carbocycles. The second-order valence-corrected chi connectivity index (χ2v) is 5.23. The van der Waals surface area contributed by atoms with Gasteiger partial charge in [0.15, 0.2) is 5.79 Å². The van der Waals surface area contributed by atoms with Gasteiger partial charge in [-0.25, -0.2) is 0 Å².